The van der Waals surface area contributed by atoms with E-state index in [1.807, 2.05) is 31.2 Å². The van der Waals surface area contributed by atoms with Crippen molar-refractivity contribution < 1.29 is 9.53 Å². The van der Waals surface area contributed by atoms with Crippen molar-refractivity contribution >= 4 is 23.6 Å². The molecule has 1 rings (SSSR count). The van der Waals surface area contributed by atoms with Crippen molar-refractivity contribution in [3.05, 3.63) is 41.0 Å². The molecule has 1 aromatic rings. The second-order valence-electron chi connectivity index (χ2n) is 3.46. The zero-order valence-electron chi connectivity index (χ0n) is 9.50. The van der Waals surface area contributed by atoms with Crippen LogP contribution in [-0.4, -0.2) is 19.0 Å². The fourth-order valence-electron chi connectivity index (χ4n) is 1.39. The number of alkyl halides is 1. The molecule has 0 fully saturated rings. The average molecular weight is 239 g/mol. The van der Waals surface area contributed by atoms with E-state index in [4.69, 9.17) is 16.3 Å². The number of carbonyl (C=O) groups is 1. The monoisotopic (exact) mass is 238 g/mol. The van der Waals surface area contributed by atoms with E-state index in [0.29, 0.717) is 11.4 Å². The standard InChI is InChI=1S/C13H15ClO2/c1-10-6-7-12(13(15)16-2)11(9-10)5-3-4-8-14/h3,5-7,9H,4,8H2,1-2H3. The number of esters is 1. The third-order valence-electron chi connectivity index (χ3n) is 2.19. The second kappa shape index (κ2) is 6.33. The molecule has 1 aromatic carbocycles. The van der Waals surface area contributed by atoms with E-state index in [-0.39, 0.29) is 5.97 Å². The number of carbonyl (C=O) groups excluding carboxylic acids is 1. The van der Waals surface area contributed by atoms with Crippen LogP contribution in [0.15, 0.2) is 24.3 Å². The van der Waals surface area contributed by atoms with Crippen molar-refractivity contribution in [2.75, 3.05) is 13.0 Å². The topological polar surface area (TPSA) is 26.3 Å². The first-order valence-electron chi connectivity index (χ1n) is 5.10. The van der Waals surface area contributed by atoms with E-state index in [0.717, 1.165) is 17.5 Å². The lowest BCUT2D eigenvalue weighted by Gasteiger charge is -2.05. The SMILES string of the molecule is COC(=O)c1ccc(C)cc1C=CCCCl. The van der Waals surface area contributed by atoms with Crippen LogP contribution in [0.25, 0.3) is 6.08 Å². The first kappa shape index (κ1) is 12.8. The Bertz CT molecular complexity index is 397. The Morgan fingerprint density at radius 2 is 2.25 bits per heavy atom. The maximum absolute atomic E-state index is 11.5. The molecule has 2 nitrogen and oxygen atoms in total. The van der Waals surface area contributed by atoms with Crippen molar-refractivity contribution in [1.82, 2.24) is 0 Å². The van der Waals surface area contributed by atoms with Crippen LogP contribution in [0.3, 0.4) is 0 Å². The molecule has 0 heterocycles. The number of hydrogen-bond donors (Lipinski definition) is 0. The van der Waals surface area contributed by atoms with Gasteiger partial charge in [0.25, 0.3) is 0 Å². The minimum Gasteiger partial charge on any atom is -0.465 e. The number of rotatable bonds is 4. The van der Waals surface area contributed by atoms with Gasteiger partial charge < -0.3 is 4.74 Å². The molecule has 16 heavy (non-hydrogen) atoms. The van der Waals surface area contributed by atoms with Gasteiger partial charge in [-0.25, -0.2) is 4.79 Å². The summed E-state index contributed by atoms with van der Waals surface area (Å²) >= 11 is 5.59. The summed E-state index contributed by atoms with van der Waals surface area (Å²) in [6.45, 7) is 1.99. The van der Waals surface area contributed by atoms with Gasteiger partial charge in [-0.05, 0) is 25.0 Å². The average Bonchev–Trinajstić information content (AvgIpc) is 2.29. The predicted molar refractivity (Wildman–Crippen MR) is 66.9 cm³/mol. The zero-order valence-corrected chi connectivity index (χ0v) is 10.3. The summed E-state index contributed by atoms with van der Waals surface area (Å²) in [7, 11) is 1.38. The summed E-state index contributed by atoms with van der Waals surface area (Å²) in [6.07, 6.45) is 4.64. The summed E-state index contributed by atoms with van der Waals surface area (Å²) in [6, 6.07) is 5.63. The Morgan fingerprint density at radius 1 is 1.50 bits per heavy atom. The third-order valence-corrected chi connectivity index (χ3v) is 2.40. The summed E-state index contributed by atoms with van der Waals surface area (Å²) in [5, 5.41) is 0. The molecule has 0 amide bonds. The minimum atomic E-state index is -0.314. The molecular weight excluding hydrogens is 224 g/mol. The van der Waals surface area contributed by atoms with E-state index in [1.165, 1.54) is 7.11 Å². The smallest absolute Gasteiger partial charge is 0.338 e. The number of methoxy groups -OCH3 is 1. The Kier molecular flexibility index (Phi) is 5.06. The van der Waals surface area contributed by atoms with Gasteiger partial charge in [0, 0.05) is 5.88 Å². The van der Waals surface area contributed by atoms with Gasteiger partial charge in [-0.3, -0.25) is 0 Å². The van der Waals surface area contributed by atoms with E-state index >= 15 is 0 Å². The van der Waals surface area contributed by atoms with Gasteiger partial charge in [0.2, 0.25) is 0 Å². The molecule has 0 aliphatic heterocycles. The molecule has 0 N–H and O–H groups in total. The van der Waals surface area contributed by atoms with Gasteiger partial charge in [0.05, 0.1) is 12.7 Å². The molecule has 0 aliphatic rings. The second-order valence-corrected chi connectivity index (χ2v) is 3.84. The molecule has 0 atom stereocenters. The number of allylic oxidation sites excluding steroid dienone is 1. The molecule has 0 aliphatic carbocycles. The Balaban J connectivity index is 3.03. The maximum Gasteiger partial charge on any atom is 0.338 e. The molecular formula is C13H15ClO2. The molecule has 0 saturated heterocycles. The summed E-state index contributed by atoms with van der Waals surface area (Å²) in [5.74, 6) is 0.265. The van der Waals surface area contributed by atoms with E-state index in [2.05, 4.69) is 0 Å². The first-order chi connectivity index (χ1) is 7.69. The van der Waals surface area contributed by atoms with Gasteiger partial charge in [0.1, 0.15) is 0 Å². The van der Waals surface area contributed by atoms with Crippen molar-refractivity contribution in [3.63, 3.8) is 0 Å². The van der Waals surface area contributed by atoms with Crippen LogP contribution in [0, 0.1) is 6.92 Å². The van der Waals surface area contributed by atoms with Crippen molar-refractivity contribution in [2.24, 2.45) is 0 Å². The van der Waals surface area contributed by atoms with E-state index in [9.17, 15) is 4.79 Å². The fourth-order valence-corrected chi connectivity index (χ4v) is 1.52. The quantitative estimate of drug-likeness (QED) is 0.594. The maximum atomic E-state index is 11.5. The van der Waals surface area contributed by atoms with Gasteiger partial charge in [-0.2, -0.15) is 0 Å². The first-order valence-corrected chi connectivity index (χ1v) is 5.64. The van der Waals surface area contributed by atoms with Crippen molar-refractivity contribution in [1.29, 1.82) is 0 Å². The Labute approximate surface area is 101 Å². The van der Waals surface area contributed by atoms with Gasteiger partial charge in [0.15, 0.2) is 0 Å². The van der Waals surface area contributed by atoms with Crippen LogP contribution in [-0.2, 0) is 4.74 Å². The molecule has 0 unspecified atom stereocenters. The normalized spacial score (nSPS) is 10.7. The van der Waals surface area contributed by atoms with Crippen molar-refractivity contribution in [2.45, 2.75) is 13.3 Å². The van der Waals surface area contributed by atoms with Crippen molar-refractivity contribution in [3.8, 4) is 0 Å². The molecule has 86 valence electrons. The van der Waals surface area contributed by atoms with Crippen LogP contribution in [0.2, 0.25) is 0 Å². The van der Waals surface area contributed by atoms with Crippen LogP contribution in [0.4, 0.5) is 0 Å². The molecule has 3 heteroatoms. The van der Waals surface area contributed by atoms with Crippen LogP contribution < -0.4 is 0 Å². The molecule has 0 aromatic heterocycles. The number of aryl methyl sites for hydroxylation is 1. The van der Waals surface area contributed by atoms with Gasteiger partial charge in [-0.1, -0.05) is 29.8 Å². The number of halogens is 1. The van der Waals surface area contributed by atoms with E-state index in [1.54, 1.807) is 6.07 Å². The number of hydrogen-bond acceptors (Lipinski definition) is 2. The molecule has 0 bridgehead atoms. The van der Waals surface area contributed by atoms with Gasteiger partial charge in [-0.15, -0.1) is 11.6 Å². The minimum absolute atomic E-state index is 0.314. The summed E-state index contributed by atoms with van der Waals surface area (Å²) in [5.41, 5.74) is 2.56. The Hall–Kier alpha value is -1.28. The molecule has 0 spiro atoms. The molecule has 0 radical (unpaired) electrons. The van der Waals surface area contributed by atoms with Gasteiger partial charge >= 0.3 is 5.97 Å². The summed E-state index contributed by atoms with van der Waals surface area (Å²) in [4.78, 5) is 11.5. The number of benzene rings is 1. The zero-order chi connectivity index (χ0) is 12.0. The van der Waals surface area contributed by atoms with Crippen LogP contribution >= 0.6 is 11.6 Å². The lowest BCUT2D eigenvalue weighted by Crippen LogP contribution is -2.03. The highest BCUT2D eigenvalue weighted by molar-refractivity contribution is 6.17. The lowest BCUT2D eigenvalue weighted by atomic mass is 10.0. The predicted octanol–water partition coefficient (Wildman–Crippen LogP) is 3.42. The molecule has 0 saturated carbocycles. The Morgan fingerprint density at radius 3 is 2.88 bits per heavy atom. The third kappa shape index (κ3) is 3.38. The van der Waals surface area contributed by atoms with E-state index < -0.39 is 0 Å². The largest absolute Gasteiger partial charge is 0.465 e. The van der Waals surface area contributed by atoms with Crippen LogP contribution in [0.5, 0.6) is 0 Å². The van der Waals surface area contributed by atoms with Crippen LogP contribution in [0.1, 0.15) is 27.9 Å². The summed E-state index contributed by atoms with van der Waals surface area (Å²) < 4.78 is 4.72. The highest BCUT2D eigenvalue weighted by Crippen LogP contribution is 2.15. The highest BCUT2D eigenvalue weighted by atomic mass is 35.5. The number of ether oxygens (including phenoxy) is 1. The fraction of sp³-hybridized carbons (Fsp3) is 0.308. The highest BCUT2D eigenvalue weighted by Gasteiger charge is 2.09. The lowest BCUT2D eigenvalue weighted by molar-refractivity contribution is 0.0600.